The Morgan fingerprint density at radius 1 is 1.25 bits per heavy atom. The van der Waals surface area contributed by atoms with E-state index < -0.39 is 0 Å². The fraction of sp³-hybridized carbons (Fsp3) is 0.818. The lowest BCUT2D eigenvalue weighted by Crippen LogP contribution is -2.22. The van der Waals surface area contributed by atoms with Crippen molar-refractivity contribution in [3.05, 3.63) is 11.6 Å². The van der Waals surface area contributed by atoms with Crippen LogP contribution in [0.15, 0.2) is 11.6 Å². The molecule has 0 bridgehead atoms. The summed E-state index contributed by atoms with van der Waals surface area (Å²) in [6.45, 7) is 10.9. The highest BCUT2D eigenvalue weighted by atomic mass is 14.6. The van der Waals surface area contributed by atoms with Gasteiger partial charge in [-0.2, -0.15) is 0 Å². The van der Waals surface area contributed by atoms with E-state index >= 15 is 0 Å². The van der Waals surface area contributed by atoms with Crippen LogP contribution in [0, 0.1) is 11.8 Å². The van der Waals surface area contributed by atoms with Crippen LogP contribution in [-0.4, -0.2) is 6.04 Å². The van der Waals surface area contributed by atoms with E-state index in [1.807, 2.05) is 0 Å². The van der Waals surface area contributed by atoms with Crippen molar-refractivity contribution in [3.63, 3.8) is 0 Å². The molecule has 0 saturated carbocycles. The Bertz CT molecular complexity index is 145. The molecule has 2 unspecified atom stereocenters. The van der Waals surface area contributed by atoms with Crippen LogP contribution in [0.4, 0.5) is 0 Å². The minimum Gasteiger partial charge on any atom is -0.327 e. The first kappa shape index (κ1) is 11.7. The third-order valence-corrected chi connectivity index (χ3v) is 2.11. The molecule has 1 heteroatoms. The summed E-state index contributed by atoms with van der Waals surface area (Å²) in [6, 6.07) is 0.270. The van der Waals surface area contributed by atoms with Crippen molar-refractivity contribution in [1.29, 1.82) is 0 Å². The molecule has 12 heavy (non-hydrogen) atoms. The van der Waals surface area contributed by atoms with Gasteiger partial charge in [0.15, 0.2) is 0 Å². The molecule has 0 aliphatic carbocycles. The third kappa shape index (κ3) is 5.36. The SMILES string of the molecule is C/C(=C\C(C)C(C)N)CC(C)C. The summed E-state index contributed by atoms with van der Waals surface area (Å²) in [7, 11) is 0. The zero-order valence-electron chi connectivity index (χ0n) is 9.09. The fourth-order valence-corrected chi connectivity index (χ4v) is 1.31. The van der Waals surface area contributed by atoms with Gasteiger partial charge in [0, 0.05) is 6.04 Å². The summed E-state index contributed by atoms with van der Waals surface area (Å²) in [5.74, 6) is 1.25. The van der Waals surface area contributed by atoms with Crippen molar-refractivity contribution in [3.8, 4) is 0 Å². The predicted octanol–water partition coefficient (Wildman–Crippen LogP) is 2.96. The summed E-state index contributed by atoms with van der Waals surface area (Å²) in [5, 5.41) is 0. The van der Waals surface area contributed by atoms with Gasteiger partial charge >= 0.3 is 0 Å². The minimum atomic E-state index is 0.270. The van der Waals surface area contributed by atoms with Crippen molar-refractivity contribution in [2.24, 2.45) is 17.6 Å². The van der Waals surface area contributed by atoms with E-state index in [-0.39, 0.29) is 6.04 Å². The van der Waals surface area contributed by atoms with Crippen molar-refractivity contribution in [2.45, 2.75) is 47.1 Å². The van der Waals surface area contributed by atoms with Crippen LogP contribution in [0.1, 0.15) is 41.0 Å². The maximum atomic E-state index is 5.77. The molecule has 0 rings (SSSR count). The van der Waals surface area contributed by atoms with Crippen LogP contribution in [0.3, 0.4) is 0 Å². The molecule has 1 nitrogen and oxygen atoms in total. The first-order valence-electron chi connectivity index (χ1n) is 4.86. The Balaban J connectivity index is 3.97. The van der Waals surface area contributed by atoms with Gasteiger partial charge in [-0.25, -0.2) is 0 Å². The summed E-state index contributed by atoms with van der Waals surface area (Å²) < 4.78 is 0. The molecule has 2 atom stereocenters. The molecule has 0 fully saturated rings. The second-order valence-electron chi connectivity index (χ2n) is 4.33. The quantitative estimate of drug-likeness (QED) is 0.643. The highest BCUT2D eigenvalue weighted by Gasteiger charge is 2.04. The van der Waals surface area contributed by atoms with Crippen LogP contribution in [-0.2, 0) is 0 Å². The van der Waals surface area contributed by atoms with Crippen LogP contribution in [0.2, 0.25) is 0 Å². The monoisotopic (exact) mass is 169 g/mol. The van der Waals surface area contributed by atoms with E-state index in [9.17, 15) is 0 Å². The van der Waals surface area contributed by atoms with Gasteiger partial charge in [0.05, 0.1) is 0 Å². The average Bonchev–Trinajstić information content (AvgIpc) is 1.84. The first-order chi connectivity index (χ1) is 5.43. The number of allylic oxidation sites excluding steroid dienone is 1. The zero-order valence-corrected chi connectivity index (χ0v) is 9.09. The normalized spacial score (nSPS) is 18.1. The largest absolute Gasteiger partial charge is 0.327 e. The Labute approximate surface area is 77.0 Å². The van der Waals surface area contributed by atoms with Gasteiger partial charge in [0.25, 0.3) is 0 Å². The minimum absolute atomic E-state index is 0.270. The van der Waals surface area contributed by atoms with Crippen molar-refractivity contribution >= 4 is 0 Å². The Morgan fingerprint density at radius 2 is 1.75 bits per heavy atom. The highest BCUT2D eigenvalue weighted by molar-refractivity contribution is 5.02. The lowest BCUT2D eigenvalue weighted by atomic mass is 9.97. The van der Waals surface area contributed by atoms with E-state index in [1.165, 1.54) is 12.0 Å². The maximum Gasteiger partial charge on any atom is 0.00708 e. The maximum absolute atomic E-state index is 5.77. The molecule has 0 aromatic rings. The summed E-state index contributed by atoms with van der Waals surface area (Å²) >= 11 is 0. The molecular weight excluding hydrogens is 146 g/mol. The molecule has 0 radical (unpaired) electrons. The van der Waals surface area contributed by atoms with Crippen molar-refractivity contribution < 1.29 is 0 Å². The second-order valence-corrected chi connectivity index (χ2v) is 4.33. The van der Waals surface area contributed by atoms with Gasteiger partial charge in [-0.3, -0.25) is 0 Å². The number of hydrogen-bond acceptors (Lipinski definition) is 1. The third-order valence-electron chi connectivity index (χ3n) is 2.11. The first-order valence-corrected chi connectivity index (χ1v) is 4.86. The molecule has 0 saturated heterocycles. The molecule has 2 N–H and O–H groups in total. The van der Waals surface area contributed by atoms with E-state index in [4.69, 9.17) is 5.73 Å². The highest BCUT2D eigenvalue weighted by Crippen LogP contribution is 2.13. The summed E-state index contributed by atoms with van der Waals surface area (Å²) in [6.07, 6.45) is 3.49. The molecule has 0 aromatic carbocycles. The molecule has 0 amide bonds. The van der Waals surface area contributed by atoms with E-state index in [0.717, 1.165) is 5.92 Å². The Hall–Kier alpha value is -0.300. The van der Waals surface area contributed by atoms with Crippen LogP contribution < -0.4 is 5.73 Å². The standard InChI is InChI=1S/C11H23N/c1-8(2)6-9(3)7-10(4)11(5)12/h7-8,10-11H,6,12H2,1-5H3/b9-7+. The summed E-state index contributed by atoms with van der Waals surface area (Å²) in [4.78, 5) is 0. The molecule has 0 aromatic heterocycles. The molecule has 0 aliphatic rings. The zero-order chi connectivity index (χ0) is 9.72. The van der Waals surface area contributed by atoms with Gasteiger partial charge in [-0.1, -0.05) is 32.4 Å². The Kier molecular flexibility index (Phi) is 5.23. The van der Waals surface area contributed by atoms with Crippen molar-refractivity contribution in [1.82, 2.24) is 0 Å². The number of nitrogens with two attached hydrogens (primary N) is 1. The molecule has 0 spiro atoms. The molecule has 0 heterocycles. The Morgan fingerprint density at radius 3 is 2.08 bits per heavy atom. The van der Waals surface area contributed by atoms with E-state index in [0.29, 0.717) is 5.92 Å². The van der Waals surface area contributed by atoms with E-state index in [1.54, 1.807) is 0 Å². The molecule has 0 aliphatic heterocycles. The summed E-state index contributed by atoms with van der Waals surface area (Å²) in [5.41, 5.74) is 7.24. The smallest absolute Gasteiger partial charge is 0.00708 e. The van der Waals surface area contributed by atoms with Gasteiger partial charge in [-0.05, 0) is 32.1 Å². The fourth-order valence-electron chi connectivity index (χ4n) is 1.31. The van der Waals surface area contributed by atoms with Gasteiger partial charge in [-0.15, -0.1) is 0 Å². The van der Waals surface area contributed by atoms with Gasteiger partial charge in [0.1, 0.15) is 0 Å². The van der Waals surface area contributed by atoms with Crippen LogP contribution >= 0.6 is 0 Å². The van der Waals surface area contributed by atoms with Gasteiger partial charge in [0.2, 0.25) is 0 Å². The lowest BCUT2D eigenvalue weighted by Gasteiger charge is -2.13. The topological polar surface area (TPSA) is 26.0 Å². The predicted molar refractivity (Wildman–Crippen MR) is 56.0 cm³/mol. The molecule has 72 valence electrons. The lowest BCUT2D eigenvalue weighted by molar-refractivity contribution is 0.568. The van der Waals surface area contributed by atoms with E-state index in [2.05, 4.69) is 40.7 Å². The van der Waals surface area contributed by atoms with Crippen LogP contribution in [0.25, 0.3) is 0 Å². The second kappa shape index (κ2) is 5.36. The van der Waals surface area contributed by atoms with Gasteiger partial charge < -0.3 is 5.73 Å². The van der Waals surface area contributed by atoms with Crippen LogP contribution in [0.5, 0.6) is 0 Å². The average molecular weight is 169 g/mol. The number of hydrogen-bond donors (Lipinski definition) is 1. The molecular formula is C11H23N. The van der Waals surface area contributed by atoms with Crippen molar-refractivity contribution in [2.75, 3.05) is 0 Å². The number of rotatable bonds is 4.